The number of rotatable bonds is 9. The van der Waals surface area contributed by atoms with Gasteiger partial charge in [-0.25, -0.2) is 4.79 Å². The van der Waals surface area contributed by atoms with E-state index < -0.39 is 58.2 Å². The van der Waals surface area contributed by atoms with E-state index in [0.29, 0.717) is 75.0 Å². The van der Waals surface area contributed by atoms with Crippen molar-refractivity contribution in [2.45, 2.75) is 57.9 Å². The number of para-hydroxylation sites is 2. The highest BCUT2D eigenvalue weighted by Gasteiger charge is 2.43. The minimum Gasteiger partial charge on any atom is -0.507 e. The van der Waals surface area contributed by atoms with Crippen molar-refractivity contribution in [3.05, 3.63) is 70.2 Å². The Labute approximate surface area is 317 Å². The quantitative estimate of drug-likeness (QED) is 0.162. The van der Waals surface area contributed by atoms with Gasteiger partial charge in [-0.1, -0.05) is 25.5 Å². The number of thiophene rings is 1. The molecule has 1 aromatic carbocycles. The second kappa shape index (κ2) is 19.0. The van der Waals surface area contributed by atoms with Gasteiger partial charge in [0.2, 0.25) is 5.91 Å². The number of pyridine rings is 1. The highest BCUT2D eigenvalue weighted by Crippen LogP contribution is 2.37. The molecule has 55 heavy (non-hydrogen) atoms. The largest absolute Gasteiger partial charge is 0.507 e. The van der Waals surface area contributed by atoms with E-state index in [0.717, 1.165) is 29.5 Å². The summed E-state index contributed by atoms with van der Waals surface area (Å²) in [6.07, 6.45) is -4.88. The van der Waals surface area contributed by atoms with Gasteiger partial charge in [0.1, 0.15) is 17.2 Å². The monoisotopic (exact) mass is 800 g/mol. The van der Waals surface area contributed by atoms with Crippen molar-refractivity contribution in [2.24, 2.45) is 5.92 Å². The summed E-state index contributed by atoms with van der Waals surface area (Å²) < 4.78 is 81.0. The number of urea groups is 1. The number of alkyl halides is 6. The first-order chi connectivity index (χ1) is 26.0. The Hall–Kier alpha value is -5.07. The van der Waals surface area contributed by atoms with Gasteiger partial charge in [0, 0.05) is 62.6 Å². The molecule has 2 aromatic heterocycles. The van der Waals surface area contributed by atoms with Gasteiger partial charge in [0.05, 0.1) is 35.0 Å². The van der Waals surface area contributed by atoms with Crippen molar-refractivity contribution < 1.29 is 55.4 Å². The smallest absolute Gasteiger partial charge is 0.425 e. The van der Waals surface area contributed by atoms with Gasteiger partial charge in [-0.15, -0.1) is 11.3 Å². The number of amides is 4. The number of hydrogen-bond acceptors (Lipinski definition) is 9. The topological polar surface area (TPSA) is 144 Å². The molecular formula is C36H42F6N6O6S. The van der Waals surface area contributed by atoms with Crippen LogP contribution in [0.4, 0.5) is 42.5 Å². The maximum atomic E-state index is 13.9. The molecule has 4 amide bonds. The first-order valence-electron chi connectivity index (χ1n) is 17.5. The summed E-state index contributed by atoms with van der Waals surface area (Å²) in [6, 6.07) is 7.63. The fourth-order valence-corrected chi connectivity index (χ4v) is 7.12. The average Bonchev–Trinajstić information content (AvgIpc) is 3.61. The van der Waals surface area contributed by atoms with E-state index in [9.17, 15) is 45.5 Å². The first-order valence-corrected chi connectivity index (χ1v) is 18.4. The van der Waals surface area contributed by atoms with Gasteiger partial charge in [-0.3, -0.25) is 19.4 Å². The van der Waals surface area contributed by atoms with Crippen molar-refractivity contribution in [1.82, 2.24) is 20.1 Å². The fraction of sp³-hybridized carbons (Fsp3) is 0.472. The minimum absolute atomic E-state index is 0.113. The minimum atomic E-state index is -4.71. The van der Waals surface area contributed by atoms with Gasteiger partial charge in [-0.2, -0.15) is 26.3 Å². The Morgan fingerprint density at radius 3 is 2.29 bits per heavy atom. The highest BCUT2D eigenvalue weighted by atomic mass is 32.1. The third-order valence-corrected chi connectivity index (χ3v) is 9.91. The molecule has 19 heteroatoms. The van der Waals surface area contributed by atoms with Crippen LogP contribution in [0.2, 0.25) is 0 Å². The standard InChI is InChI=1S/C31H39F3N6O5.C5H3F3OS/c1-3-8-25-21(9-7-14-40(25)29(43)22-19-35-13-12-23(22)31(32,33)34)28(42)39-17-15-38(16-18-39)26-11-6-5-10-24(26)37-30(44)36-20-27(41)45-4-2;6-5(7,8)4-1-3(9)2-10-4/h5-6,10-13,19,21,25H,3-4,7-9,14-18,20H2,1-2H3,(H2,36,37,44);1-2,9H. The van der Waals surface area contributed by atoms with Crippen LogP contribution in [-0.4, -0.2) is 95.6 Å². The van der Waals surface area contributed by atoms with Crippen LogP contribution >= 0.6 is 11.3 Å². The second-order valence-corrected chi connectivity index (χ2v) is 13.5. The van der Waals surface area contributed by atoms with E-state index in [-0.39, 0.29) is 31.4 Å². The molecule has 12 nitrogen and oxygen atoms in total. The number of aromatic nitrogens is 1. The van der Waals surface area contributed by atoms with Gasteiger partial charge in [0.15, 0.2) is 0 Å². The van der Waals surface area contributed by atoms with Crippen LogP contribution < -0.4 is 15.5 Å². The molecule has 0 aliphatic carbocycles. The molecule has 4 heterocycles. The number of halogens is 6. The van der Waals surface area contributed by atoms with E-state index >= 15 is 0 Å². The van der Waals surface area contributed by atoms with Crippen LogP contribution in [0.25, 0.3) is 0 Å². The summed E-state index contributed by atoms with van der Waals surface area (Å²) in [7, 11) is 0. The average molecular weight is 801 g/mol. The number of nitrogens with zero attached hydrogens (tertiary/aromatic N) is 4. The highest BCUT2D eigenvalue weighted by molar-refractivity contribution is 7.10. The Morgan fingerprint density at radius 1 is 0.982 bits per heavy atom. The Kier molecular flexibility index (Phi) is 14.7. The molecule has 2 atom stereocenters. The van der Waals surface area contributed by atoms with Crippen LogP contribution in [0.1, 0.15) is 60.3 Å². The SMILES string of the molecule is CCCC1C(C(=O)N2CCN(c3ccccc3NC(=O)NCC(=O)OCC)CC2)CCCN1C(=O)c1cnccc1C(F)(F)F.Oc1csc(C(F)(F)F)c1. The number of likely N-dealkylation sites (tertiary alicyclic amines) is 1. The molecule has 2 unspecified atom stereocenters. The van der Waals surface area contributed by atoms with Crippen molar-refractivity contribution in [3.63, 3.8) is 0 Å². The van der Waals surface area contributed by atoms with Crippen molar-refractivity contribution in [3.8, 4) is 5.75 Å². The van der Waals surface area contributed by atoms with E-state index in [2.05, 4.69) is 15.6 Å². The summed E-state index contributed by atoms with van der Waals surface area (Å²) in [5.41, 5.74) is -0.244. The summed E-state index contributed by atoms with van der Waals surface area (Å²) in [6.45, 7) is 5.56. The number of hydrogen-bond donors (Lipinski definition) is 3. The van der Waals surface area contributed by atoms with Gasteiger partial charge in [-0.05, 0) is 44.4 Å². The van der Waals surface area contributed by atoms with E-state index in [1.165, 1.54) is 4.90 Å². The number of esters is 1. The van der Waals surface area contributed by atoms with Crippen LogP contribution in [0.15, 0.2) is 54.2 Å². The molecule has 2 aliphatic heterocycles. The summed E-state index contributed by atoms with van der Waals surface area (Å²) >= 11 is 0.481. The summed E-state index contributed by atoms with van der Waals surface area (Å²) in [4.78, 5) is 59.6. The number of carbonyl (C=O) groups excluding carboxylic acids is 4. The van der Waals surface area contributed by atoms with Gasteiger partial charge in [0.25, 0.3) is 5.91 Å². The lowest BCUT2D eigenvalue weighted by Crippen LogP contribution is -2.56. The van der Waals surface area contributed by atoms with Crippen molar-refractivity contribution in [2.75, 3.05) is 56.1 Å². The third-order valence-electron chi connectivity index (χ3n) is 8.95. The molecule has 2 saturated heterocycles. The molecule has 0 spiro atoms. The van der Waals surface area contributed by atoms with Crippen molar-refractivity contribution >= 4 is 46.5 Å². The molecule has 300 valence electrons. The molecule has 2 aliphatic rings. The lowest BCUT2D eigenvalue weighted by atomic mass is 9.84. The maximum Gasteiger partial charge on any atom is 0.425 e. The zero-order valence-corrected chi connectivity index (χ0v) is 30.9. The predicted molar refractivity (Wildman–Crippen MR) is 192 cm³/mol. The van der Waals surface area contributed by atoms with Gasteiger partial charge < -0.3 is 35.2 Å². The first kappa shape index (κ1) is 42.7. The van der Waals surface area contributed by atoms with Crippen LogP contribution in [0.5, 0.6) is 5.75 Å². The zero-order valence-electron chi connectivity index (χ0n) is 30.1. The number of anilines is 2. The molecule has 3 N–H and O–H groups in total. The zero-order chi connectivity index (χ0) is 40.3. The van der Waals surface area contributed by atoms with Gasteiger partial charge >= 0.3 is 24.4 Å². The van der Waals surface area contributed by atoms with E-state index in [1.54, 1.807) is 24.0 Å². The molecular weight excluding hydrogens is 758 g/mol. The molecule has 5 rings (SSSR count). The second-order valence-electron chi connectivity index (χ2n) is 12.6. The van der Waals surface area contributed by atoms with Crippen LogP contribution in [-0.2, 0) is 26.7 Å². The third kappa shape index (κ3) is 11.5. The lowest BCUT2D eigenvalue weighted by molar-refractivity contribution is -0.142. The molecule has 0 saturated carbocycles. The lowest BCUT2D eigenvalue weighted by Gasteiger charge is -2.44. The van der Waals surface area contributed by atoms with Crippen LogP contribution in [0, 0.1) is 5.92 Å². The molecule has 0 radical (unpaired) electrons. The number of carbonyl (C=O) groups is 4. The Balaban J connectivity index is 0.000000583. The number of ether oxygens (including phenoxy) is 1. The molecule has 3 aromatic rings. The van der Waals surface area contributed by atoms with E-state index in [1.807, 2.05) is 24.0 Å². The predicted octanol–water partition coefficient (Wildman–Crippen LogP) is 6.63. The van der Waals surface area contributed by atoms with E-state index in [4.69, 9.17) is 9.84 Å². The summed E-state index contributed by atoms with van der Waals surface area (Å²) in [5, 5.41) is 14.8. The van der Waals surface area contributed by atoms with Crippen LogP contribution in [0.3, 0.4) is 0 Å². The molecule has 0 bridgehead atoms. The fourth-order valence-electron chi connectivity index (χ4n) is 6.48. The van der Waals surface area contributed by atoms with Crippen molar-refractivity contribution in [1.29, 1.82) is 0 Å². The number of aromatic hydroxyl groups is 1. The Morgan fingerprint density at radius 2 is 1.69 bits per heavy atom. The number of benzene rings is 1. The number of piperazine rings is 1. The number of nitrogens with one attached hydrogen (secondary N) is 2. The summed E-state index contributed by atoms with van der Waals surface area (Å²) in [5.74, 6) is -2.28. The molecule has 2 fully saturated rings. The maximum absolute atomic E-state index is 13.9. The number of piperidine rings is 1. The Bertz CT molecular complexity index is 1780. The normalized spacial score (nSPS) is 17.5.